The van der Waals surface area contributed by atoms with Gasteiger partial charge in [-0.3, -0.25) is 4.79 Å². The molecule has 0 atom stereocenters. The number of hydrogen-bond donors (Lipinski definition) is 1. The van der Waals surface area contributed by atoms with Gasteiger partial charge in [0, 0.05) is 24.8 Å². The van der Waals surface area contributed by atoms with Crippen LogP contribution in [0.4, 0.5) is 5.69 Å². The Bertz CT molecular complexity index is 1120. The van der Waals surface area contributed by atoms with E-state index in [2.05, 4.69) is 5.32 Å². The number of nitrogens with one attached hydrogen (secondary N) is 1. The molecular weight excluding hydrogens is 396 g/mol. The van der Waals surface area contributed by atoms with Gasteiger partial charge in [0.15, 0.2) is 0 Å². The number of para-hydroxylation sites is 1. The number of carbonyl (C=O) groups excluding carboxylic acids is 1. The van der Waals surface area contributed by atoms with Crippen molar-refractivity contribution in [2.24, 2.45) is 0 Å². The molecule has 156 valence electrons. The van der Waals surface area contributed by atoms with Crippen LogP contribution in [0.25, 0.3) is 0 Å². The quantitative estimate of drug-likeness (QED) is 0.604. The molecule has 0 saturated heterocycles. The third-order valence-corrected chi connectivity index (χ3v) is 6.81. The highest BCUT2D eigenvalue weighted by molar-refractivity contribution is 7.89. The molecule has 3 aromatic rings. The number of amides is 1. The predicted molar refractivity (Wildman–Crippen MR) is 120 cm³/mol. The smallest absolute Gasteiger partial charge is 0.255 e. The van der Waals surface area contributed by atoms with Gasteiger partial charge in [-0.05, 0) is 54.8 Å². The Morgan fingerprint density at radius 1 is 0.933 bits per heavy atom. The Balaban J connectivity index is 1.69. The van der Waals surface area contributed by atoms with Gasteiger partial charge < -0.3 is 5.32 Å². The molecule has 0 aliphatic rings. The van der Waals surface area contributed by atoms with Crippen molar-refractivity contribution in [3.63, 3.8) is 0 Å². The number of rotatable bonds is 7. The van der Waals surface area contributed by atoms with Crippen molar-refractivity contribution in [3.8, 4) is 0 Å². The molecule has 0 saturated carbocycles. The monoisotopic (exact) mass is 422 g/mol. The maximum Gasteiger partial charge on any atom is 0.255 e. The minimum Gasteiger partial charge on any atom is -0.322 e. The number of sulfonamides is 1. The summed E-state index contributed by atoms with van der Waals surface area (Å²) in [7, 11) is -2.02. The van der Waals surface area contributed by atoms with E-state index in [0.717, 1.165) is 28.8 Å². The fourth-order valence-corrected chi connectivity index (χ4v) is 4.30. The maximum atomic E-state index is 12.7. The fraction of sp³-hybridized carbons (Fsp3) is 0.208. The molecule has 1 N–H and O–H groups in total. The zero-order chi connectivity index (χ0) is 21.7. The molecule has 5 nitrogen and oxygen atoms in total. The first-order valence-electron chi connectivity index (χ1n) is 9.82. The van der Waals surface area contributed by atoms with E-state index in [0.29, 0.717) is 5.56 Å². The minimum atomic E-state index is -3.57. The number of aryl methyl sites for hydroxylation is 2. The lowest BCUT2D eigenvalue weighted by molar-refractivity contribution is 0.102. The summed E-state index contributed by atoms with van der Waals surface area (Å²) in [6, 6.07) is 21.5. The first-order valence-corrected chi connectivity index (χ1v) is 11.3. The van der Waals surface area contributed by atoms with Crippen molar-refractivity contribution >= 4 is 21.6 Å². The Kier molecular flexibility index (Phi) is 6.70. The number of carbonyl (C=O) groups is 1. The first kappa shape index (κ1) is 21.7. The van der Waals surface area contributed by atoms with Gasteiger partial charge in [-0.25, -0.2) is 8.42 Å². The van der Waals surface area contributed by atoms with Crippen LogP contribution in [-0.2, 0) is 23.0 Å². The molecule has 0 aromatic heterocycles. The summed E-state index contributed by atoms with van der Waals surface area (Å²) in [6.45, 7) is 4.18. The minimum absolute atomic E-state index is 0.192. The normalized spacial score (nSPS) is 11.5. The van der Waals surface area contributed by atoms with E-state index in [-0.39, 0.29) is 17.3 Å². The van der Waals surface area contributed by atoms with E-state index in [1.165, 1.54) is 4.31 Å². The Hall–Kier alpha value is -2.96. The predicted octanol–water partition coefficient (Wildman–Crippen LogP) is 4.63. The average Bonchev–Trinajstić information content (AvgIpc) is 2.75. The molecular formula is C24H26N2O3S. The van der Waals surface area contributed by atoms with Crippen LogP contribution in [0.5, 0.6) is 0 Å². The van der Waals surface area contributed by atoms with E-state index in [9.17, 15) is 13.2 Å². The van der Waals surface area contributed by atoms with Crippen molar-refractivity contribution in [1.82, 2.24) is 4.31 Å². The third kappa shape index (κ3) is 4.96. The molecule has 0 unspecified atom stereocenters. The highest BCUT2D eigenvalue weighted by Gasteiger charge is 2.20. The molecule has 0 radical (unpaired) electrons. The number of nitrogens with zero attached hydrogens (tertiary/aromatic N) is 1. The van der Waals surface area contributed by atoms with Crippen molar-refractivity contribution in [3.05, 3.63) is 95.1 Å². The van der Waals surface area contributed by atoms with Crippen molar-refractivity contribution in [1.29, 1.82) is 0 Å². The SMILES string of the molecule is CCc1ccccc1NC(=O)c1ccc(CN(C)S(=O)(=O)c2ccc(C)cc2)cc1. The van der Waals surface area contributed by atoms with Crippen LogP contribution in [0, 0.1) is 6.92 Å². The highest BCUT2D eigenvalue weighted by atomic mass is 32.2. The largest absolute Gasteiger partial charge is 0.322 e. The van der Waals surface area contributed by atoms with E-state index in [4.69, 9.17) is 0 Å². The van der Waals surface area contributed by atoms with Crippen LogP contribution < -0.4 is 5.32 Å². The molecule has 0 aliphatic carbocycles. The molecule has 6 heteroatoms. The van der Waals surface area contributed by atoms with Gasteiger partial charge >= 0.3 is 0 Å². The second-order valence-electron chi connectivity index (χ2n) is 7.24. The van der Waals surface area contributed by atoms with Gasteiger partial charge in [-0.15, -0.1) is 0 Å². The van der Waals surface area contributed by atoms with Crippen molar-refractivity contribution in [2.45, 2.75) is 31.7 Å². The van der Waals surface area contributed by atoms with Gasteiger partial charge in [0.1, 0.15) is 0 Å². The molecule has 30 heavy (non-hydrogen) atoms. The average molecular weight is 423 g/mol. The summed E-state index contributed by atoms with van der Waals surface area (Å²) in [6.07, 6.45) is 0.831. The molecule has 1 amide bonds. The van der Waals surface area contributed by atoms with E-state index in [1.807, 2.05) is 38.1 Å². The van der Waals surface area contributed by atoms with Crippen molar-refractivity contribution < 1.29 is 13.2 Å². The van der Waals surface area contributed by atoms with Gasteiger partial charge in [0.25, 0.3) is 5.91 Å². The fourth-order valence-electron chi connectivity index (χ4n) is 3.14. The lowest BCUT2D eigenvalue weighted by Gasteiger charge is -2.17. The number of anilines is 1. The van der Waals surface area contributed by atoms with Gasteiger partial charge in [0.2, 0.25) is 10.0 Å². The van der Waals surface area contributed by atoms with Gasteiger partial charge in [0.05, 0.1) is 4.90 Å². The van der Waals surface area contributed by atoms with Crippen LogP contribution in [0.2, 0.25) is 0 Å². The zero-order valence-corrected chi connectivity index (χ0v) is 18.2. The van der Waals surface area contributed by atoms with Crippen LogP contribution in [0.1, 0.15) is 34.0 Å². The van der Waals surface area contributed by atoms with Crippen LogP contribution in [0.3, 0.4) is 0 Å². The van der Waals surface area contributed by atoms with E-state index >= 15 is 0 Å². The molecule has 0 fully saturated rings. The van der Waals surface area contributed by atoms with Crippen LogP contribution >= 0.6 is 0 Å². The zero-order valence-electron chi connectivity index (χ0n) is 17.4. The Morgan fingerprint density at radius 2 is 1.57 bits per heavy atom. The van der Waals surface area contributed by atoms with Crippen molar-refractivity contribution in [2.75, 3.05) is 12.4 Å². The summed E-state index contributed by atoms with van der Waals surface area (Å²) >= 11 is 0. The summed E-state index contributed by atoms with van der Waals surface area (Å²) in [5.74, 6) is -0.192. The molecule has 0 heterocycles. The summed E-state index contributed by atoms with van der Waals surface area (Å²) in [5.41, 5.74) is 4.21. The second kappa shape index (κ2) is 9.24. The summed E-state index contributed by atoms with van der Waals surface area (Å²) < 4.78 is 26.8. The van der Waals surface area contributed by atoms with Crippen LogP contribution in [0.15, 0.2) is 77.7 Å². The lowest BCUT2D eigenvalue weighted by atomic mass is 10.1. The van der Waals surface area contributed by atoms with Gasteiger partial charge in [-0.2, -0.15) is 4.31 Å². The summed E-state index contributed by atoms with van der Waals surface area (Å²) in [5, 5.41) is 2.94. The van der Waals surface area contributed by atoms with Gasteiger partial charge in [-0.1, -0.05) is 55.0 Å². The molecule has 0 bridgehead atoms. The first-order chi connectivity index (χ1) is 14.3. The Labute approximate surface area is 178 Å². The molecule has 3 rings (SSSR count). The van der Waals surface area contributed by atoms with E-state index < -0.39 is 10.0 Å². The van der Waals surface area contributed by atoms with E-state index in [1.54, 1.807) is 55.6 Å². The lowest BCUT2D eigenvalue weighted by Crippen LogP contribution is -2.26. The highest BCUT2D eigenvalue weighted by Crippen LogP contribution is 2.19. The number of benzene rings is 3. The standard InChI is InChI=1S/C24H26N2O3S/c1-4-20-7-5-6-8-23(20)25-24(27)21-13-11-19(12-14-21)17-26(3)30(28,29)22-15-9-18(2)10-16-22/h5-16H,4,17H2,1-3H3,(H,25,27). The Morgan fingerprint density at radius 3 is 2.20 bits per heavy atom. The third-order valence-electron chi connectivity index (χ3n) is 5.00. The topological polar surface area (TPSA) is 66.5 Å². The molecule has 0 spiro atoms. The molecule has 3 aromatic carbocycles. The second-order valence-corrected chi connectivity index (χ2v) is 9.28. The molecule has 0 aliphatic heterocycles. The summed E-state index contributed by atoms with van der Waals surface area (Å²) in [4.78, 5) is 12.8. The number of hydrogen-bond acceptors (Lipinski definition) is 3. The maximum absolute atomic E-state index is 12.7. The van der Waals surface area contributed by atoms with Crippen LogP contribution in [-0.4, -0.2) is 25.7 Å².